The number of nitroso groups, excluding NO2 is 1. The van der Waals surface area contributed by atoms with E-state index in [0.717, 1.165) is 41.0 Å². The summed E-state index contributed by atoms with van der Waals surface area (Å²) < 4.78 is 14.7. The molecule has 1 aromatic carbocycles. The van der Waals surface area contributed by atoms with Crippen molar-refractivity contribution in [2.45, 2.75) is 63.2 Å². The topological polar surface area (TPSA) is 54.4 Å². The Balaban J connectivity index is 1.82. The van der Waals surface area contributed by atoms with Gasteiger partial charge in [0.15, 0.2) is 11.6 Å². The van der Waals surface area contributed by atoms with Crippen molar-refractivity contribution < 1.29 is 4.39 Å². The third-order valence-corrected chi connectivity index (χ3v) is 6.41. The molecule has 0 bridgehead atoms. The summed E-state index contributed by atoms with van der Waals surface area (Å²) in [4.78, 5) is 17.4. The van der Waals surface area contributed by atoms with Gasteiger partial charge in [0.1, 0.15) is 5.69 Å². The van der Waals surface area contributed by atoms with Crippen molar-refractivity contribution in [3.05, 3.63) is 69.9 Å². The lowest BCUT2D eigenvalue weighted by molar-refractivity contribution is 0.616. The van der Waals surface area contributed by atoms with E-state index in [1.807, 2.05) is 6.07 Å². The summed E-state index contributed by atoms with van der Waals surface area (Å²) >= 11 is 1.59. The Morgan fingerprint density at radius 3 is 2.80 bits per heavy atom. The van der Waals surface area contributed by atoms with Crippen LogP contribution in [0.3, 0.4) is 0 Å². The second-order valence-corrected chi connectivity index (χ2v) is 8.95. The quantitative estimate of drug-likeness (QED) is 0.325. The summed E-state index contributed by atoms with van der Waals surface area (Å²) in [6.07, 6.45) is 10.6. The molecule has 1 N–H and O–H groups in total. The first-order valence-corrected chi connectivity index (χ1v) is 11.3. The number of nitrogens with one attached hydrogen (secondary N) is 1. The number of thioether (sulfide) groups is 1. The second-order valence-electron chi connectivity index (χ2n) is 7.66. The van der Waals surface area contributed by atoms with Gasteiger partial charge in [-0.1, -0.05) is 50.6 Å². The minimum atomic E-state index is -0.390. The van der Waals surface area contributed by atoms with Crippen LogP contribution in [0, 0.1) is 10.7 Å². The van der Waals surface area contributed by atoms with Gasteiger partial charge in [0.05, 0.1) is 0 Å². The molecule has 0 radical (unpaired) electrons. The fourth-order valence-electron chi connectivity index (χ4n) is 3.70. The number of hydrogen-bond acceptors (Lipinski definition) is 5. The molecule has 1 aliphatic rings. The molecule has 30 heavy (non-hydrogen) atoms. The minimum absolute atomic E-state index is 0.139. The minimum Gasteiger partial charge on any atom is -0.338 e. The van der Waals surface area contributed by atoms with E-state index in [2.05, 4.69) is 42.0 Å². The lowest BCUT2D eigenvalue weighted by Gasteiger charge is -2.16. The molecule has 3 rings (SSSR count). The Morgan fingerprint density at radius 2 is 2.13 bits per heavy atom. The molecule has 158 valence electrons. The molecule has 2 aromatic rings. The molecule has 0 amide bonds. The standard InChI is InChI=1S/C24H28FN3OS/c1-4-5-8-16(2)30-23-12-11-20(28-29)14-21(23)17(3)27-24-22(25)13-19(15-26-24)18-9-6-7-10-18/h8,11-15,18H,3-7,9-10H2,1-2H3,(H,26,27)/b16-8-. The summed E-state index contributed by atoms with van der Waals surface area (Å²) in [7, 11) is 0. The smallest absolute Gasteiger partial charge is 0.166 e. The maximum Gasteiger partial charge on any atom is 0.166 e. The van der Waals surface area contributed by atoms with E-state index in [1.54, 1.807) is 36.2 Å². The molecular formula is C24H28FN3OS. The van der Waals surface area contributed by atoms with E-state index in [0.29, 0.717) is 22.9 Å². The number of aromatic nitrogens is 1. The molecule has 1 aliphatic carbocycles. The van der Waals surface area contributed by atoms with Gasteiger partial charge in [0.25, 0.3) is 0 Å². The van der Waals surface area contributed by atoms with Crippen LogP contribution < -0.4 is 5.32 Å². The monoisotopic (exact) mass is 425 g/mol. The predicted molar refractivity (Wildman–Crippen MR) is 124 cm³/mol. The summed E-state index contributed by atoms with van der Waals surface area (Å²) in [6, 6.07) is 6.77. The third kappa shape index (κ3) is 5.57. The molecule has 0 spiro atoms. The van der Waals surface area contributed by atoms with Crippen molar-refractivity contribution in [3.63, 3.8) is 0 Å². The summed E-state index contributed by atoms with van der Waals surface area (Å²) in [5.74, 6) is 0.152. The Hall–Kier alpha value is -2.47. The van der Waals surface area contributed by atoms with Crippen molar-refractivity contribution in [3.8, 4) is 0 Å². The van der Waals surface area contributed by atoms with Crippen molar-refractivity contribution in [2.75, 3.05) is 5.32 Å². The van der Waals surface area contributed by atoms with Gasteiger partial charge in [-0.3, -0.25) is 0 Å². The average Bonchev–Trinajstić information content (AvgIpc) is 3.28. The predicted octanol–water partition coefficient (Wildman–Crippen LogP) is 8.16. The van der Waals surface area contributed by atoms with Crippen LogP contribution in [-0.2, 0) is 0 Å². The number of hydrogen-bond donors (Lipinski definition) is 1. The number of unbranched alkanes of at least 4 members (excludes halogenated alkanes) is 1. The number of allylic oxidation sites excluding steroid dienone is 2. The van der Waals surface area contributed by atoms with Crippen LogP contribution in [0.5, 0.6) is 0 Å². The lowest BCUT2D eigenvalue weighted by Crippen LogP contribution is -2.05. The fourth-order valence-corrected chi connectivity index (χ4v) is 4.68. The first-order valence-electron chi connectivity index (χ1n) is 10.5. The van der Waals surface area contributed by atoms with Crippen LogP contribution in [0.25, 0.3) is 5.70 Å². The summed E-state index contributed by atoms with van der Waals surface area (Å²) in [5, 5.41) is 6.03. The highest BCUT2D eigenvalue weighted by Gasteiger charge is 2.19. The van der Waals surface area contributed by atoms with Crippen LogP contribution in [0.2, 0.25) is 0 Å². The Bertz CT molecular complexity index is 951. The van der Waals surface area contributed by atoms with Crippen LogP contribution in [-0.4, -0.2) is 4.98 Å². The van der Waals surface area contributed by atoms with Gasteiger partial charge in [0, 0.05) is 22.4 Å². The zero-order valence-corrected chi connectivity index (χ0v) is 18.4. The van der Waals surface area contributed by atoms with E-state index < -0.39 is 5.82 Å². The Labute approximate surface area is 182 Å². The van der Waals surface area contributed by atoms with Gasteiger partial charge in [-0.25, -0.2) is 9.37 Å². The summed E-state index contributed by atoms with van der Waals surface area (Å²) in [6.45, 7) is 8.26. The maximum absolute atomic E-state index is 14.7. The maximum atomic E-state index is 14.7. The normalized spacial score (nSPS) is 14.7. The molecule has 0 saturated heterocycles. The highest BCUT2D eigenvalue weighted by Crippen LogP contribution is 2.37. The van der Waals surface area contributed by atoms with Crippen LogP contribution in [0.15, 0.2) is 58.1 Å². The van der Waals surface area contributed by atoms with Crippen molar-refractivity contribution in [2.24, 2.45) is 5.18 Å². The van der Waals surface area contributed by atoms with Gasteiger partial charge < -0.3 is 5.32 Å². The highest BCUT2D eigenvalue weighted by molar-refractivity contribution is 8.03. The fraction of sp³-hybridized carbons (Fsp3) is 0.375. The molecule has 1 saturated carbocycles. The number of nitrogens with zero attached hydrogens (tertiary/aromatic N) is 2. The molecule has 4 nitrogen and oxygen atoms in total. The first-order chi connectivity index (χ1) is 14.5. The molecule has 1 aromatic heterocycles. The number of anilines is 1. The first kappa shape index (κ1) is 22.2. The summed E-state index contributed by atoms with van der Waals surface area (Å²) in [5.41, 5.74) is 2.45. The zero-order chi connectivity index (χ0) is 21.5. The third-order valence-electron chi connectivity index (χ3n) is 5.34. The largest absolute Gasteiger partial charge is 0.338 e. The molecule has 0 atom stereocenters. The number of rotatable bonds is 9. The van der Waals surface area contributed by atoms with E-state index in [4.69, 9.17) is 0 Å². The molecule has 0 aliphatic heterocycles. The average molecular weight is 426 g/mol. The molecule has 1 fully saturated rings. The number of benzene rings is 1. The number of halogens is 1. The van der Waals surface area contributed by atoms with Gasteiger partial charge >= 0.3 is 0 Å². The Kier molecular flexibility index (Phi) is 7.80. The van der Waals surface area contributed by atoms with Crippen LogP contribution in [0.4, 0.5) is 15.9 Å². The van der Waals surface area contributed by atoms with Crippen LogP contribution in [0.1, 0.15) is 69.4 Å². The molecule has 0 unspecified atom stereocenters. The van der Waals surface area contributed by atoms with E-state index in [9.17, 15) is 9.30 Å². The van der Waals surface area contributed by atoms with Crippen molar-refractivity contribution in [1.29, 1.82) is 0 Å². The van der Waals surface area contributed by atoms with Gasteiger partial charge in [-0.05, 0) is 72.0 Å². The SMILES string of the molecule is C=C(Nc1ncc(C2CCCC2)cc1F)c1cc(N=O)ccc1S/C(C)=C\CCC. The van der Waals surface area contributed by atoms with E-state index >= 15 is 0 Å². The van der Waals surface area contributed by atoms with Gasteiger partial charge in [0.2, 0.25) is 0 Å². The van der Waals surface area contributed by atoms with E-state index in [1.165, 1.54) is 12.8 Å². The van der Waals surface area contributed by atoms with Crippen molar-refractivity contribution >= 4 is 29.0 Å². The van der Waals surface area contributed by atoms with Gasteiger partial charge in [-0.2, -0.15) is 0 Å². The Morgan fingerprint density at radius 1 is 1.37 bits per heavy atom. The van der Waals surface area contributed by atoms with Crippen LogP contribution >= 0.6 is 11.8 Å². The number of pyridine rings is 1. The van der Waals surface area contributed by atoms with Gasteiger partial charge in [-0.15, -0.1) is 4.91 Å². The highest BCUT2D eigenvalue weighted by atomic mass is 32.2. The molecule has 1 heterocycles. The van der Waals surface area contributed by atoms with Crippen molar-refractivity contribution in [1.82, 2.24) is 4.98 Å². The lowest BCUT2D eigenvalue weighted by atomic mass is 9.99. The second kappa shape index (κ2) is 10.5. The zero-order valence-electron chi connectivity index (χ0n) is 17.6. The van der Waals surface area contributed by atoms with E-state index in [-0.39, 0.29) is 5.82 Å². The molecule has 6 heteroatoms. The molecular weight excluding hydrogens is 397 g/mol.